The highest BCUT2D eigenvalue weighted by molar-refractivity contribution is 7.15. The van der Waals surface area contributed by atoms with Crippen LogP contribution >= 0.6 is 11.3 Å². The van der Waals surface area contributed by atoms with Crippen molar-refractivity contribution in [1.29, 1.82) is 0 Å². The predicted octanol–water partition coefficient (Wildman–Crippen LogP) is 2.01. The van der Waals surface area contributed by atoms with E-state index in [1.807, 2.05) is 11.8 Å². The molecule has 26 heavy (non-hydrogen) atoms. The lowest BCUT2D eigenvalue weighted by molar-refractivity contribution is 0.0628. The van der Waals surface area contributed by atoms with E-state index >= 15 is 0 Å². The maximum Gasteiger partial charge on any atom is 0.254 e. The van der Waals surface area contributed by atoms with Gasteiger partial charge in [-0.15, -0.1) is 11.3 Å². The standard InChI is InChI=1S/C18H24N4O3S/c1-12-16(26-18(19)20-12)11-21-4-6-22(7-5-21)17(23)13-8-14(24-2)10-15(9-13)25-3/h8-10H,4-7,11H2,1-3H3,(H2,19,20). The molecule has 140 valence electrons. The molecular weight excluding hydrogens is 352 g/mol. The molecule has 1 aromatic carbocycles. The first-order valence-corrected chi connectivity index (χ1v) is 9.28. The van der Waals surface area contributed by atoms with Gasteiger partial charge in [0.2, 0.25) is 0 Å². The molecule has 8 heteroatoms. The lowest BCUT2D eigenvalue weighted by atomic mass is 10.1. The van der Waals surface area contributed by atoms with Crippen LogP contribution in [0.5, 0.6) is 11.5 Å². The third-order valence-corrected chi connectivity index (χ3v) is 5.51. The number of anilines is 1. The van der Waals surface area contributed by atoms with Crippen molar-refractivity contribution in [2.24, 2.45) is 0 Å². The van der Waals surface area contributed by atoms with Gasteiger partial charge in [-0.1, -0.05) is 0 Å². The van der Waals surface area contributed by atoms with Crippen molar-refractivity contribution in [2.75, 3.05) is 46.1 Å². The number of aromatic nitrogens is 1. The Morgan fingerprint density at radius 1 is 1.15 bits per heavy atom. The molecule has 1 amide bonds. The summed E-state index contributed by atoms with van der Waals surface area (Å²) in [5.74, 6) is 1.23. The molecule has 2 heterocycles. The van der Waals surface area contributed by atoms with Crippen LogP contribution in [0.3, 0.4) is 0 Å². The molecule has 1 fully saturated rings. The minimum absolute atomic E-state index is 0.0000604. The molecular formula is C18H24N4O3S. The summed E-state index contributed by atoms with van der Waals surface area (Å²) in [5.41, 5.74) is 7.35. The van der Waals surface area contributed by atoms with Crippen LogP contribution in [-0.4, -0.2) is 61.1 Å². The van der Waals surface area contributed by atoms with Gasteiger partial charge in [0.05, 0.1) is 19.9 Å². The number of ether oxygens (including phenoxy) is 2. The monoisotopic (exact) mass is 376 g/mol. The van der Waals surface area contributed by atoms with Crippen molar-refractivity contribution in [3.63, 3.8) is 0 Å². The molecule has 0 spiro atoms. The van der Waals surface area contributed by atoms with Crippen LogP contribution in [0.2, 0.25) is 0 Å². The molecule has 1 saturated heterocycles. The maximum atomic E-state index is 12.8. The van der Waals surface area contributed by atoms with E-state index in [1.54, 1.807) is 32.4 Å². The number of carbonyl (C=O) groups is 1. The van der Waals surface area contributed by atoms with Crippen molar-refractivity contribution < 1.29 is 14.3 Å². The topological polar surface area (TPSA) is 80.9 Å². The smallest absolute Gasteiger partial charge is 0.254 e. The van der Waals surface area contributed by atoms with Crippen LogP contribution in [0.15, 0.2) is 18.2 Å². The number of nitrogens with zero attached hydrogens (tertiary/aromatic N) is 3. The number of methoxy groups -OCH3 is 2. The third kappa shape index (κ3) is 4.08. The Balaban J connectivity index is 1.62. The van der Waals surface area contributed by atoms with Gasteiger partial charge in [-0.2, -0.15) is 0 Å². The average Bonchev–Trinajstić information content (AvgIpc) is 2.98. The SMILES string of the molecule is COc1cc(OC)cc(C(=O)N2CCN(Cc3sc(N)nc3C)CC2)c1. The highest BCUT2D eigenvalue weighted by Crippen LogP contribution is 2.25. The molecule has 1 aromatic heterocycles. The van der Waals surface area contributed by atoms with Gasteiger partial charge in [0.25, 0.3) is 5.91 Å². The fourth-order valence-electron chi connectivity index (χ4n) is 3.02. The zero-order valence-corrected chi connectivity index (χ0v) is 16.1. The van der Waals surface area contributed by atoms with E-state index in [4.69, 9.17) is 15.2 Å². The Hall–Kier alpha value is -2.32. The van der Waals surface area contributed by atoms with E-state index in [2.05, 4.69) is 9.88 Å². The second kappa shape index (κ2) is 7.92. The molecule has 3 rings (SSSR count). The van der Waals surface area contributed by atoms with E-state index in [9.17, 15) is 4.79 Å². The van der Waals surface area contributed by atoms with Crippen LogP contribution in [-0.2, 0) is 6.54 Å². The van der Waals surface area contributed by atoms with Crippen LogP contribution in [0, 0.1) is 6.92 Å². The number of aryl methyl sites for hydroxylation is 1. The molecule has 0 aliphatic carbocycles. The minimum atomic E-state index is 0.0000604. The summed E-state index contributed by atoms with van der Waals surface area (Å²) < 4.78 is 10.5. The van der Waals surface area contributed by atoms with E-state index in [0.717, 1.165) is 25.3 Å². The molecule has 2 aromatic rings. The number of nitrogens with two attached hydrogens (primary N) is 1. The Kier molecular flexibility index (Phi) is 5.63. The van der Waals surface area contributed by atoms with Gasteiger partial charge in [0.15, 0.2) is 5.13 Å². The third-order valence-electron chi connectivity index (χ3n) is 4.53. The summed E-state index contributed by atoms with van der Waals surface area (Å²) >= 11 is 1.54. The Morgan fingerprint density at radius 2 is 1.77 bits per heavy atom. The normalized spacial score (nSPS) is 15.1. The molecule has 1 aliphatic heterocycles. The first-order chi connectivity index (χ1) is 12.5. The summed E-state index contributed by atoms with van der Waals surface area (Å²) in [6, 6.07) is 5.26. The summed E-state index contributed by atoms with van der Waals surface area (Å²) in [4.78, 5) is 22.5. The van der Waals surface area contributed by atoms with Crippen LogP contribution < -0.4 is 15.2 Å². The number of hydrogen-bond donors (Lipinski definition) is 1. The van der Waals surface area contributed by atoms with Crippen molar-refractivity contribution in [3.8, 4) is 11.5 Å². The highest BCUT2D eigenvalue weighted by atomic mass is 32.1. The van der Waals surface area contributed by atoms with E-state index in [0.29, 0.717) is 35.3 Å². The number of amides is 1. The summed E-state index contributed by atoms with van der Waals surface area (Å²) in [7, 11) is 3.16. The molecule has 2 N–H and O–H groups in total. The molecule has 0 bridgehead atoms. The second-order valence-corrected chi connectivity index (χ2v) is 7.35. The number of carbonyl (C=O) groups excluding carboxylic acids is 1. The van der Waals surface area contributed by atoms with Gasteiger partial charge in [-0.05, 0) is 19.1 Å². The number of benzene rings is 1. The highest BCUT2D eigenvalue weighted by Gasteiger charge is 2.24. The molecule has 0 unspecified atom stereocenters. The Bertz CT molecular complexity index is 762. The largest absolute Gasteiger partial charge is 0.497 e. The van der Waals surface area contributed by atoms with E-state index < -0.39 is 0 Å². The summed E-state index contributed by atoms with van der Waals surface area (Å²) in [6.45, 7) is 5.83. The predicted molar refractivity (Wildman–Crippen MR) is 102 cm³/mol. The van der Waals surface area contributed by atoms with Crippen LogP contribution in [0.25, 0.3) is 0 Å². The van der Waals surface area contributed by atoms with Crippen LogP contribution in [0.1, 0.15) is 20.9 Å². The molecule has 0 radical (unpaired) electrons. The maximum absolute atomic E-state index is 12.8. The molecule has 1 aliphatic rings. The number of rotatable bonds is 5. The number of piperazine rings is 1. The van der Waals surface area contributed by atoms with Crippen LogP contribution in [0.4, 0.5) is 5.13 Å². The van der Waals surface area contributed by atoms with Gasteiger partial charge in [0.1, 0.15) is 11.5 Å². The lowest BCUT2D eigenvalue weighted by Gasteiger charge is -2.34. The van der Waals surface area contributed by atoms with Crippen molar-refractivity contribution in [1.82, 2.24) is 14.8 Å². The van der Waals surface area contributed by atoms with Crippen molar-refractivity contribution in [3.05, 3.63) is 34.3 Å². The molecule has 0 atom stereocenters. The zero-order chi connectivity index (χ0) is 18.7. The van der Waals surface area contributed by atoms with E-state index in [1.165, 1.54) is 16.2 Å². The van der Waals surface area contributed by atoms with Gasteiger partial charge >= 0.3 is 0 Å². The Labute approximate surface area is 157 Å². The van der Waals surface area contributed by atoms with E-state index in [-0.39, 0.29) is 5.91 Å². The van der Waals surface area contributed by atoms with Crippen molar-refractivity contribution in [2.45, 2.75) is 13.5 Å². The van der Waals surface area contributed by atoms with Crippen molar-refractivity contribution >= 4 is 22.4 Å². The first kappa shape index (κ1) is 18.5. The fraction of sp³-hybridized carbons (Fsp3) is 0.444. The molecule has 0 saturated carbocycles. The zero-order valence-electron chi connectivity index (χ0n) is 15.3. The van der Waals surface area contributed by atoms with Gasteiger partial charge in [-0.25, -0.2) is 4.98 Å². The number of nitrogen functional groups attached to an aromatic ring is 1. The molecule has 7 nitrogen and oxygen atoms in total. The quantitative estimate of drug-likeness (QED) is 0.860. The Morgan fingerprint density at radius 3 is 2.27 bits per heavy atom. The average molecular weight is 376 g/mol. The van der Waals surface area contributed by atoms with Gasteiger partial charge in [0, 0.05) is 49.2 Å². The number of thiazole rings is 1. The van der Waals surface area contributed by atoms with Gasteiger partial charge in [-0.3, -0.25) is 9.69 Å². The van der Waals surface area contributed by atoms with Gasteiger partial charge < -0.3 is 20.1 Å². The fourth-order valence-corrected chi connectivity index (χ4v) is 3.90. The lowest BCUT2D eigenvalue weighted by Crippen LogP contribution is -2.48. The number of hydrogen-bond acceptors (Lipinski definition) is 7. The first-order valence-electron chi connectivity index (χ1n) is 8.46. The minimum Gasteiger partial charge on any atom is -0.497 e. The summed E-state index contributed by atoms with van der Waals surface area (Å²) in [5, 5.41) is 0.610. The second-order valence-electron chi connectivity index (χ2n) is 6.23. The summed E-state index contributed by atoms with van der Waals surface area (Å²) in [6.07, 6.45) is 0.